The lowest BCUT2D eigenvalue weighted by Crippen LogP contribution is -2.50. The Morgan fingerprint density at radius 2 is 2.09 bits per heavy atom. The molecule has 1 aromatic heterocycles. The summed E-state index contributed by atoms with van der Waals surface area (Å²) in [5, 5.41) is 9.74. The number of pyridine rings is 1. The van der Waals surface area contributed by atoms with Gasteiger partial charge in [-0.3, -0.25) is 4.79 Å². The molecule has 0 unspecified atom stereocenters. The van der Waals surface area contributed by atoms with Crippen molar-refractivity contribution in [3.8, 4) is 17.6 Å². The second-order valence-corrected chi connectivity index (χ2v) is 10.4. The average molecular weight is 486 g/mol. The van der Waals surface area contributed by atoms with Gasteiger partial charge in [0.1, 0.15) is 22.4 Å². The predicted octanol–water partition coefficient (Wildman–Crippen LogP) is 2.12. The normalized spacial score (nSPS) is 20.5. The molecule has 1 N–H and O–H groups in total. The van der Waals surface area contributed by atoms with Crippen molar-refractivity contribution < 1.29 is 23.1 Å². The number of carbonyl (C=O) groups excluding carboxylic acids is 1. The number of aliphatic hydroxyl groups is 1. The highest BCUT2D eigenvalue weighted by atomic mass is 32.2. The zero-order chi connectivity index (χ0) is 24.9. The van der Waals surface area contributed by atoms with Crippen LogP contribution in [0.4, 0.5) is 0 Å². The summed E-state index contributed by atoms with van der Waals surface area (Å²) in [6, 6.07) is 9.53. The first-order valence-electron chi connectivity index (χ1n) is 11.3. The number of aliphatic hydroxyl groups excluding tert-OH is 1. The van der Waals surface area contributed by atoms with Crippen LogP contribution >= 0.6 is 0 Å². The monoisotopic (exact) mass is 485 g/mol. The molecule has 0 fully saturated rings. The number of aromatic nitrogens is 1. The van der Waals surface area contributed by atoms with Crippen LogP contribution in [0.1, 0.15) is 38.4 Å². The number of ether oxygens (including phenoxy) is 1. The van der Waals surface area contributed by atoms with E-state index in [1.165, 1.54) is 10.4 Å². The van der Waals surface area contributed by atoms with Gasteiger partial charge in [-0.2, -0.15) is 4.31 Å². The Hall–Kier alpha value is -2.93. The average Bonchev–Trinajstić information content (AvgIpc) is 2.84. The molecule has 1 aliphatic heterocycles. The molecule has 1 aliphatic rings. The van der Waals surface area contributed by atoms with E-state index in [-0.39, 0.29) is 35.6 Å². The molecule has 8 nitrogen and oxygen atoms in total. The van der Waals surface area contributed by atoms with E-state index in [9.17, 15) is 18.3 Å². The minimum atomic E-state index is -3.94. The van der Waals surface area contributed by atoms with Crippen molar-refractivity contribution in [2.24, 2.45) is 5.92 Å². The van der Waals surface area contributed by atoms with E-state index in [1.807, 2.05) is 13.0 Å². The van der Waals surface area contributed by atoms with Crippen LogP contribution in [0, 0.1) is 17.8 Å². The van der Waals surface area contributed by atoms with E-state index in [1.54, 1.807) is 56.3 Å². The van der Waals surface area contributed by atoms with E-state index in [0.29, 0.717) is 24.2 Å². The number of carbonyl (C=O) groups is 1. The minimum Gasteiger partial charge on any atom is -0.487 e. The molecule has 0 saturated heterocycles. The van der Waals surface area contributed by atoms with E-state index < -0.39 is 22.2 Å². The zero-order valence-corrected chi connectivity index (χ0v) is 20.7. The fraction of sp³-hybridized carbons (Fsp3) is 0.440. The van der Waals surface area contributed by atoms with E-state index >= 15 is 0 Å². The summed E-state index contributed by atoms with van der Waals surface area (Å²) in [5.41, 5.74) is 1.17. The van der Waals surface area contributed by atoms with E-state index in [0.717, 1.165) is 0 Å². The van der Waals surface area contributed by atoms with Crippen molar-refractivity contribution in [2.45, 2.75) is 44.2 Å². The van der Waals surface area contributed by atoms with Crippen molar-refractivity contribution >= 4 is 15.9 Å². The fourth-order valence-corrected chi connectivity index (χ4v) is 5.56. The van der Waals surface area contributed by atoms with Gasteiger partial charge in [-0.05, 0) is 43.2 Å². The Morgan fingerprint density at radius 3 is 2.74 bits per heavy atom. The van der Waals surface area contributed by atoms with Gasteiger partial charge in [0.2, 0.25) is 15.9 Å². The molecule has 3 atom stereocenters. The van der Waals surface area contributed by atoms with Gasteiger partial charge in [0.25, 0.3) is 0 Å². The van der Waals surface area contributed by atoms with Gasteiger partial charge in [0.15, 0.2) is 0 Å². The summed E-state index contributed by atoms with van der Waals surface area (Å²) in [5.74, 6) is 5.88. The molecule has 0 aliphatic carbocycles. The first kappa shape index (κ1) is 25.7. The van der Waals surface area contributed by atoms with Gasteiger partial charge >= 0.3 is 0 Å². The van der Waals surface area contributed by atoms with Crippen LogP contribution in [0.5, 0.6) is 5.75 Å². The lowest BCUT2D eigenvalue weighted by atomic mass is 10.0. The zero-order valence-electron chi connectivity index (χ0n) is 19.9. The quantitative estimate of drug-likeness (QED) is 0.652. The number of fused-ring (bicyclic) bond motifs is 1. The van der Waals surface area contributed by atoms with E-state index in [2.05, 4.69) is 16.8 Å². The molecule has 0 spiro atoms. The molecule has 0 saturated carbocycles. The molecule has 182 valence electrons. The predicted molar refractivity (Wildman–Crippen MR) is 129 cm³/mol. The molecular formula is C25H31N3O5S. The molecule has 3 rings (SSSR count). The SMILES string of the molecule is CCC(=O)N(C)C[C@@H]1Oc2cc(C#Cc3ccccn3)ccc2S(=O)(=O)N([C@H](C)CO)C[C@@H]1C. The third-order valence-corrected chi connectivity index (χ3v) is 7.87. The molecule has 1 amide bonds. The summed E-state index contributed by atoms with van der Waals surface area (Å²) >= 11 is 0. The highest BCUT2D eigenvalue weighted by Crippen LogP contribution is 2.34. The largest absolute Gasteiger partial charge is 0.487 e. The maximum atomic E-state index is 13.5. The number of amides is 1. The second kappa shape index (κ2) is 11.0. The van der Waals surface area contributed by atoms with Gasteiger partial charge in [-0.25, -0.2) is 13.4 Å². The fourth-order valence-electron chi connectivity index (χ4n) is 3.74. The number of hydrogen-bond donors (Lipinski definition) is 1. The summed E-state index contributed by atoms with van der Waals surface area (Å²) in [6.45, 7) is 5.50. The number of likely N-dealkylation sites (N-methyl/N-ethyl adjacent to an activating group) is 1. The summed E-state index contributed by atoms with van der Waals surface area (Å²) in [4.78, 5) is 18.0. The number of benzene rings is 1. The van der Waals surface area contributed by atoms with Crippen LogP contribution in [0.3, 0.4) is 0 Å². The van der Waals surface area contributed by atoms with Gasteiger partial charge in [-0.15, -0.1) is 0 Å². The standard InChI is InChI=1S/C25H31N3O5S/c1-5-25(30)27(4)16-23-18(2)15-28(19(3)17-29)34(31,32)24-12-10-20(14-22(24)33-23)9-11-21-8-6-7-13-26-21/h6-8,10,12-14,18-19,23,29H,5,15-17H2,1-4H3/t18-,19+,23-/m0/s1. The van der Waals surface area contributed by atoms with Crippen molar-refractivity contribution in [3.05, 3.63) is 53.9 Å². The summed E-state index contributed by atoms with van der Waals surface area (Å²) in [7, 11) is -2.23. The van der Waals surface area contributed by atoms with Crippen LogP contribution in [0.2, 0.25) is 0 Å². The first-order chi connectivity index (χ1) is 16.2. The highest BCUT2D eigenvalue weighted by Gasteiger charge is 2.38. The third kappa shape index (κ3) is 5.76. The molecule has 1 aromatic carbocycles. The molecule has 2 aromatic rings. The summed E-state index contributed by atoms with van der Waals surface area (Å²) < 4.78 is 34.6. The summed E-state index contributed by atoms with van der Waals surface area (Å²) in [6.07, 6.45) is 1.56. The first-order valence-corrected chi connectivity index (χ1v) is 12.7. The lowest BCUT2D eigenvalue weighted by Gasteiger charge is -2.37. The minimum absolute atomic E-state index is 0.0116. The molecule has 0 radical (unpaired) electrons. The van der Waals surface area contributed by atoms with Crippen LogP contribution in [-0.4, -0.2) is 72.5 Å². The Kier molecular flexibility index (Phi) is 8.31. The maximum absolute atomic E-state index is 13.5. The van der Waals surface area contributed by atoms with Crippen molar-refractivity contribution in [1.29, 1.82) is 0 Å². The lowest BCUT2D eigenvalue weighted by molar-refractivity contribution is -0.131. The van der Waals surface area contributed by atoms with E-state index in [4.69, 9.17) is 4.74 Å². The highest BCUT2D eigenvalue weighted by molar-refractivity contribution is 7.89. The van der Waals surface area contributed by atoms with Crippen molar-refractivity contribution in [3.63, 3.8) is 0 Å². The molecular weight excluding hydrogens is 454 g/mol. The Labute approximate surface area is 201 Å². The van der Waals surface area contributed by atoms with Crippen molar-refractivity contribution in [2.75, 3.05) is 26.7 Å². The number of hydrogen-bond acceptors (Lipinski definition) is 6. The maximum Gasteiger partial charge on any atom is 0.247 e. The molecule has 34 heavy (non-hydrogen) atoms. The van der Waals surface area contributed by atoms with Crippen LogP contribution < -0.4 is 4.74 Å². The van der Waals surface area contributed by atoms with Gasteiger partial charge in [0.05, 0.1) is 13.2 Å². The van der Waals surface area contributed by atoms with Crippen LogP contribution in [0.25, 0.3) is 0 Å². The Balaban J connectivity index is 2.06. The molecule has 9 heteroatoms. The second-order valence-electron chi connectivity index (χ2n) is 8.49. The van der Waals surface area contributed by atoms with Crippen molar-refractivity contribution in [1.82, 2.24) is 14.2 Å². The van der Waals surface area contributed by atoms with Crippen LogP contribution in [-0.2, 0) is 14.8 Å². The Morgan fingerprint density at radius 1 is 1.32 bits per heavy atom. The third-order valence-electron chi connectivity index (χ3n) is 5.85. The molecule has 0 bridgehead atoms. The molecule has 2 heterocycles. The van der Waals surface area contributed by atoms with Gasteiger partial charge < -0.3 is 14.7 Å². The number of nitrogens with zero attached hydrogens (tertiary/aromatic N) is 3. The van der Waals surface area contributed by atoms with Gasteiger partial charge in [-0.1, -0.05) is 25.8 Å². The number of rotatable bonds is 5. The Bertz CT molecular complexity index is 1170. The van der Waals surface area contributed by atoms with Crippen LogP contribution in [0.15, 0.2) is 47.5 Å². The number of sulfonamides is 1. The topological polar surface area (TPSA) is 100 Å². The van der Waals surface area contributed by atoms with Gasteiger partial charge in [0, 0.05) is 43.7 Å². The smallest absolute Gasteiger partial charge is 0.247 e.